The average molecular weight is 312 g/mol. The van der Waals surface area contributed by atoms with Gasteiger partial charge >= 0.3 is 0 Å². The summed E-state index contributed by atoms with van der Waals surface area (Å²) in [6, 6.07) is 6.79. The minimum absolute atomic E-state index is 0.741. The first-order chi connectivity index (χ1) is 8.56. The van der Waals surface area contributed by atoms with Crippen LogP contribution in [0.25, 0.3) is 0 Å². The van der Waals surface area contributed by atoms with Gasteiger partial charge in [0.1, 0.15) is 0 Å². The van der Waals surface area contributed by atoms with Gasteiger partial charge in [0, 0.05) is 22.7 Å². The maximum Gasteiger partial charge on any atom is 0.0318 e. The van der Waals surface area contributed by atoms with Crippen LogP contribution in [0.15, 0.2) is 22.7 Å². The van der Waals surface area contributed by atoms with Gasteiger partial charge in [0.25, 0.3) is 0 Å². The number of rotatable bonds is 3. The van der Waals surface area contributed by atoms with Gasteiger partial charge in [-0.3, -0.25) is 4.90 Å². The van der Waals surface area contributed by atoms with Crippen LogP contribution < -0.4 is 5.73 Å². The monoisotopic (exact) mass is 311 g/mol. The van der Waals surface area contributed by atoms with Crippen LogP contribution in [0, 0.1) is 0 Å². The molecule has 2 N–H and O–H groups in total. The molecule has 1 aromatic rings. The highest BCUT2D eigenvalue weighted by molar-refractivity contribution is 9.10. The van der Waals surface area contributed by atoms with Gasteiger partial charge in [0.2, 0.25) is 0 Å². The number of halogens is 1. The van der Waals surface area contributed by atoms with Crippen molar-refractivity contribution in [1.29, 1.82) is 0 Å². The van der Waals surface area contributed by atoms with Gasteiger partial charge in [-0.15, -0.1) is 0 Å². The van der Waals surface area contributed by atoms with E-state index >= 15 is 0 Å². The second-order valence-electron chi connectivity index (χ2n) is 5.32. The molecule has 1 aromatic carbocycles. The summed E-state index contributed by atoms with van der Waals surface area (Å²) < 4.78 is 1.16. The van der Waals surface area contributed by atoms with Gasteiger partial charge in [0.15, 0.2) is 0 Å². The number of likely N-dealkylation sites (tertiary alicyclic amines) is 1. The minimum atomic E-state index is 0.741. The largest absolute Gasteiger partial charge is 0.399 e. The zero-order valence-electron chi connectivity index (χ0n) is 11.2. The van der Waals surface area contributed by atoms with E-state index in [1.807, 2.05) is 12.1 Å². The lowest BCUT2D eigenvalue weighted by atomic mass is 10.0. The van der Waals surface area contributed by atoms with Crippen molar-refractivity contribution in [2.45, 2.75) is 25.4 Å². The van der Waals surface area contributed by atoms with Crippen molar-refractivity contribution < 1.29 is 0 Å². The lowest BCUT2D eigenvalue weighted by molar-refractivity contribution is 0.140. The number of hydrogen-bond acceptors (Lipinski definition) is 3. The number of piperidine rings is 1. The quantitative estimate of drug-likeness (QED) is 0.871. The van der Waals surface area contributed by atoms with E-state index in [1.54, 1.807) is 0 Å². The Morgan fingerprint density at radius 1 is 1.33 bits per heavy atom. The van der Waals surface area contributed by atoms with Crippen molar-refractivity contribution in [3.8, 4) is 0 Å². The van der Waals surface area contributed by atoms with Crippen molar-refractivity contribution in [1.82, 2.24) is 9.80 Å². The molecule has 1 aliphatic heterocycles. The Morgan fingerprint density at radius 2 is 2.00 bits per heavy atom. The summed E-state index contributed by atoms with van der Waals surface area (Å²) in [6.07, 6.45) is 2.51. The zero-order chi connectivity index (χ0) is 13.1. The Morgan fingerprint density at radius 3 is 2.61 bits per heavy atom. The van der Waals surface area contributed by atoms with Gasteiger partial charge in [-0.2, -0.15) is 0 Å². The van der Waals surface area contributed by atoms with Crippen LogP contribution in [-0.2, 0) is 6.54 Å². The Balaban J connectivity index is 1.93. The molecule has 0 saturated carbocycles. The van der Waals surface area contributed by atoms with Gasteiger partial charge in [-0.25, -0.2) is 0 Å². The Kier molecular flexibility index (Phi) is 4.65. The van der Waals surface area contributed by atoms with Gasteiger partial charge in [-0.05, 0) is 63.8 Å². The number of nitrogen functional groups attached to an aromatic ring is 1. The molecule has 0 amide bonds. The predicted molar refractivity (Wildman–Crippen MR) is 80.5 cm³/mol. The lowest BCUT2D eigenvalue weighted by Gasteiger charge is -2.35. The summed E-state index contributed by atoms with van der Waals surface area (Å²) in [7, 11) is 4.35. The van der Waals surface area contributed by atoms with Crippen LogP contribution in [0.5, 0.6) is 0 Å². The number of hydrogen-bond donors (Lipinski definition) is 1. The Labute approximate surface area is 118 Å². The molecule has 0 aromatic heterocycles. The topological polar surface area (TPSA) is 32.5 Å². The van der Waals surface area contributed by atoms with Crippen LogP contribution in [0.1, 0.15) is 18.4 Å². The van der Waals surface area contributed by atoms with Crippen molar-refractivity contribution >= 4 is 21.6 Å². The van der Waals surface area contributed by atoms with E-state index < -0.39 is 0 Å². The molecule has 0 unspecified atom stereocenters. The van der Waals surface area contributed by atoms with E-state index in [0.29, 0.717) is 0 Å². The van der Waals surface area contributed by atoms with Crippen LogP contribution in [0.2, 0.25) is 0 Å². The highest BCUT2D eigenvalue weighted by atomic mass is 79.9. The summed E-state index contributed by atoms with van der Waals surface area (Å²) in [5.41, 5.74) is 7.98. The molecule has 1 heterocycles. The highest BCUT2D eigenvalue weighted by Crippen LogP contribution is 2.23. The second-order valence-corrected chi connectivity index (χ2v) is 6.18. The third-order valence-corrected chi connectivity index (χ3v) is 4.52. The molecular formula is C14H22BrN3. The fourth-order valence-electron chi connectivity index (χ4n) is 2.55. The summed E-state index contributed by atoms with van der Waals surface area (Å²) >= 11 is 3.60. The van der Waals surface area contributed by atoms with Crippen molar-refractivity contribution in [2.75, 3.05) is 32.9 Å². The van der Waals surface area contributed by atoms with Crippen LogP contribution >= 0.6 is 15.9 Å². The number of nitrogens with two attached hydrogens (primary N) is 1. The van der Waals surface area contributed by atoms with Crippen LogP contribution in [-0.4, -0.2) is 43.0 Å². The van der Waals surface area contributed by atoms with Gasteiger partial charge in [0.05, 0.1) is 0 Å². The molecular weight excluding hydrogens is 290 g/mol. The standard InChI is InChI=1S/C14H22BrN3/c1-17(2)13-5-7-18(8-6-13)10-11-9-12(16)3-4-14(11)15/h3-4,9,13H,5-8,10,16H2,1-2H3. The minimum Gasteiger partial charge on any atom is -0.399 e. The van der Waals surface area contributed by atoms with Crippen LogP contribution in [0.4, 0.5) is 5.69 Å². The van der Waals surface area contributed by atoms with Gasteiger partial charge < -0.3 is 10.6 Å². The Bertz CT molecular complexity index is 398. The molecule has 3 nitrogen and oxygen atoms in total. The SMILES string of the molecule is CN(C)C1CCN(Cc2cc(N)ccc2Br)CC1. The third kappa shape index (κ3) is 3.46. The Hall–Kier alpha value is -0.580. The normalized spacial score (nSPS) is 18.4. The summed E-state index contributed by atoms with van der Waals surface area (Å²) in [4.78, 5) is 4.85. The highest BCUT2D eigenvalue weighted by Gasteiger charge is 2.20. The molecule has 0 atom stereocenters. The van der Waals surface area contributed by atoms with Gasteiger partial charge in [-0.1, -0.05) is 15.9 Å². The number of nitrogens with zero attached hydrogens (tertiary/aromatic N) is 2. The lowest BCUT2D eigenvalue weighted by Crippen LogP contribution is -2.41. The molecule has 0 aliphatic carbocycles. The molecule has 1 aliphatic rings. The molecule has 0 spiro atoms. The first-order valence-corrected chi connectivity index (χ1v) is 7.28. The third-order valence-electron chi connectivity index (χ3n) is 3.75. The molecule has 0 radical (unpaired) electrons. The molecule has 1 fully saturated rings. The van der Waals surface area contributed by atoms with Crippen molar-refractivity contribution in [3.63, 3.8) is 0 Å². The fraction of sp³-hybridized carbons (Fsp3) is 0.571. The summed E-state index contributed by atoms with van der Waals surface area (Å²) in [6.45, 7) is 3.33. The molecule has 2 rings (SSSR count). The predicted octanol–water partition coefficient (Wildman–Crippen LogP) is 2.56. The van der Waals surface area contributed by atoms with E-state index in [4.69, 9.17) is 5.73 Å². The number of benzene rings is 1. The second kappa shape index (κ2) is 6.04. The smallest absolute Gasteiger partial charge is 0.0318 e. The summed E-state index contributed by atoms with van der Waals surface area (Å²) in [5.74, 6) is 0. The maximum absolute atomic E-state index is 5.85. The molecule has 4 heteroatoms. The molecule has 18 heavy (non-hydrogen) atoms. The van der Waals surface area contributed by atoms with E-state index in [9.17, 15) is 0 Å². The first-order valence-electron chi connectivity index (χ1n) is 6.49. The van der Waals surface area contributed by atoms with Crippen molar-refractivity contribution in [3.05, 3.63) is 28.2 Å². The van der Waals surface area contributed by atoms with E-state index in [0.717, 1.165) is 22.7 Å². The average Bonchev–Trinajstić information content (AvgIpc) is 2.34. The summed E-state index contributed by atoms with van der Waals surface area (Å²) in [5, 5.41) is 0. The van der Waals surface area contributed by atoms with Crippen molar-refractivity contribution in [2.24, 2.45) is 0 Å². The zero-order valence-corrected chi connectivity index (χ0v) is 12.8. The fourth-order valence-corrected chi connectivity index (χ4v) is 2.92. The van der Waals surface area contributed by atoms with E-state index in [2.05, 4.69) is 45.9 Å². The molecule has 0 bridgehead atoms. The number of anilines is 1. The van der Waals surface area contributed by atoms with E-state index in [1.165, 1.54) is 31.5 Å². The van der Waals surface area contributed by atoms with Crippen LogP contribution in [0.3, 0.4) is 0 Å². The maximum atomic E-state index is 5.85. The molecule has 100 valence electrons. The molecule has 1 saturated heterocycles. The first kappa shape index (κ1) is 13.8. The van der Waals surface area contributed by atoms with E-state index in [-0.39, 0.29) is 0 Å².